The van der Waals surface area contributed by atoms with Gasteiger partial charge in [0.1, 0.15) is 5.82 Å². The van der Waals surface area contributed by atoms with E-state index in [0.717, 1.165) is 6.26 Å². The van der Waals surface area contributed by atoms with Crippen molar-refractivity contribution in [3.05, 3.63) is 54.3 Å². The standard InChI is InChI=1S/C17H18FNO3S2/c1-19(13-7-9-14(10-8-13)24(2,21)22)17(20)11-12-23-16-6-4-3-5-15(16)18/h3-10H,11-12H2,1-2H3. The van der Waals surface area contributed by atoms with Gasteiger partial charge in [0.15, 0.2) is 9.84 Å². The molecule has 7 heteroatoms. The Kier molecular flexibility index (Phi) is 6.01. The molecule has 0 atom stereocenters. The van der Waals surface area contributed by atoms with E-state index < -0.39 is 9.84 Å². The average Bonchev–Trinajstić information content (AvgIpc) is 2.55. The van der Waals surface area contributed by atoms with Gasteiger partial charge in [0.05, 0.1) is 4.90 Å². The van der Waals surface area contributed by atoms with Gasteiger partial charge in [-0.15, -0.1) is 11.8 Å². The smallest absolute Gasteiger partial charge is 0.227 e. The molecule has 1 amide bonds. The maximum Gasteiger partial charge on any atom is 0.227 e. The van der Waals surface area contributed by atoms with Gasteiger partial charge in [0.25, 0.3) is 0 Å². The van der Waals surface area contributed by atoms with Crippen molar-refractivity contribution < 1.29 is 17.6 Å². The van der Waals surface area contributed by atoms with E-state index in [0.29, 0.717) is 16.3 Å². The fourth-order valence-corrected chi connectivity index (χ4v) is 3.55. The summed E-state index contributed by atoms with van der Waals surface area (Å²) in [6.45, 7) is 0. The molecule has 128 valence electrons. The average molecular weight is 367 g/mol. The highest BCUT2D eigenvalue weighted by Crippen LogP contribution is 2.23. The van der Waals surface area contributed by atoms with E-state index in [9.17, 15) is 17.6 Å². The lowest BCUT2D eigenvalue weighted by molar-refractivity contribution is -0.117. The van der Waals surface area contributed by atoms with Gasteiger partial charge in [-0.3, -0.25) is 4.79 Å². The molecule has 0 spiro atoms. The van der Waals surface area contributed by atoms with E-state index in [1.165, 1.54) is 34.9 Å². The van der Waals surface area contributed by atoms with Crippen LogP contribution in [0.25, 0.3) is 0 Å². The molecular weight excluding hydrogens is 349 g/mol. The van der Waals surface area contributed by atoms with Crippen LogP contribution in [-0.4, -0.2) is 33.4 Å². The SMILES string of the molecule is CN(C(=O)CCSc1ccccc1F)c1ccc(S(C)(=O)=O)cc1. The number of thioether (sulfide) groups is 1. The fourth-order valence-electron chi connectivity index (χ4n) is 2.04. The molecule has 0 heterocycles. The number of amides is 1. The van der Waals surface area contributed by atoms with Crippen LogP contribution in [-0.2, 0) is 14.6 Å². The number of hydrogen-bond acceptors (Lipinski definition) is 4. The monoisotopic (exact) mass is 367 g/mol. The molecule has 0 aromatic heterocycles. The molecule has 0 N–H and O–H groups in total. The molecule has 24 heavy (non-hydrogen) atoms. The summed E-state index contributed by atoms with van der Waals surface area (Å²) >= 11 is 1.29. The zero-order chi connectivity index (χ0) is 17.7. The van der Waals surface area contributed by atoms with Gasteiger partial charge in [-0.05, 0) is 36.4 Å². The lowest BCUT2D eigenvalue weighted by Crippen LogP contribution is -2.26. The molecule has 0 bridgehead atoms. The number of anilines is 1. The largest absolute Gasteiger partial charge is 0.315 e. The Morgan fingerprint density at radius 1 is 1.12 bits per heavy atom. The first-order chi connectivity index (χ1) is 11.3. The van der Waals surface area contributed by atoms with Crippen molar-refractivity contribution in [2.24, 2.45) is 0 Å². The molecule has 0 aliphatic rings. The van der Waals surface area contributed by atoms with E-state index in [-0.39, 0.29) is 23.0 Å². The molecule has 4 nitrogen and oxygen atoms in total. The zero-order valence-electron chi connectivity index (χ0n) is 13.4. The molecule has 0 radical (unpaired) electrons. The maximum absolute atomic E-state index is 13.5. The van der Waals surface area contributed by atoms with Crippen LogP contribution in [0.1, 0.15) is 6.42 Å². The van der Waals surface area contributed by atoms with Crippen molar-refractivity contribution in [2.75, 3.05) is 24.0 Å². The van der Waals surface area contributed by atoms with Gasteiger partial charge in [0, 0.05) is 36.1 Å². The van der Waals surface area contributed by atoms with Crippen molar-refractivity contribution in [3.63, 3.8) is 0 Å². The lowest BCUT2D eigenvalue weighted by atomic mass is 10.3. The maximum atomic E-state index is 13.5. The van der Waals surface area contributed by atoms with Crippen molar-refractivity contribution in [1.82, 2.24) is 0 Å². The highest BCUT2D eigenvalue weighted by atomic mass is 32.2. The molecule has 2 rings (SSSR count). The second-order valence-corrected chi connectivity index (χ2v) is 8.40. The summed E-state index contributed by atoms with van der Waals surface area (Å²) in [6.07, 6.45) is 1.39. The number of carbonyl (C=O) groups excluding carboxylic acids is 1. The summed E-state index contributed by atoms with van der Waals surface area (Å²) in [4.78, 5) is 14.4. The van der Waals surface area contributed by atoms with Gasteiger partial charge in [0.2, 0.25) is 5.91 Å². The Morgan fingerprint density at radius 3 is 2.33 bits per heavy atom. The van der Waals surface area contributed by atoms with Crippen molar-refractivity contribution in [3.8, 4) is 0 Å². The molecule has 0 saturated heterocycles. The van der Waals surface area contributed by atoms with Crippen LogP contribution in [0.2, 0.25) is 0 Å². The second-order valence-electron chi connectivity index (χ2n) is 5.25. The minimum Gasteiger partial charge on any atom is -0.315 e. The molecule has 0 unspecified atom stereocenters. The number of nitrogens with zero attached hydrogens (tertiary/aromatic N) is 1. The molecule has 0 aliphatic carbocycles. The first kappa shape index (κ1) is 18.5. The first-order valence-electron chi connectivity index (χ1n) is 7.23. The third kappa shape index (κ3) is 4.82. The molecular formula is C17H18FNO3S2. The topological polar surface area (TPSA) is 54.5 Å². The van der Waals surface area contributed by atoms with Crippen LogP contribution in [0, 0.1) is 5.82 Å². The number of carbonyl (C=O) groups is 1. The molecule has 0 saturated carbocycles. The number of benzene rings is 2. The highest BCUT2D eigenvalue weighted by Gasteiger charge is 2.13. The Hall–Kier alpha value is -1.86. The normalized spacial score (nSPS) is 11.3. The number of hydrogen-bond donors (Lipinski definition) is 0. The van der Waals surface area contributed by atoms with Gasteiger partial charge < -0.3 is 4.90 Å². The number of halogens is 1. The summed E-state index contributed by atoms with van der Waals surface area (Å²) in [7, 11) is -1.63. The van der Waals surface area contributed by atoms with Crippen LogP contribution in [0.5, 0.6) is 0 Å². The van der Waals surface area contributed by atoms with Crippen LogP contribution < -0.4 is 4.90 Å². The van der Waals surface area contributed by atoms with Gasteiger partial charge in [-0.2, -0.15) is 0 Å². The van der Waals surface area contributed by atoms with Crippen LogP contribution in [0.3, 0.4) is 0 Å². The lowest BCUT2D eigenvalue weighted by Gasteiger charge is -2.17. The Bertz CT molecular complexity index is 820. The third-order valence-electron chi connectivity index (χ3n) is 3.44. The predicted molar refractivity (Wildman–Crippen MR) is 94.7 cm³/mol. The van der Waals surface area contributed by atoms with E-state index in [1.54, 1.807) is 37.4 Å². The minimum atomic E-state index is -3.26. The third-order valence-corrected chi connectivity index (χ3v) is 5.62. The summed E-state index contributed by atoms with van der Waals surface area (Å²) in [5, 5.41) is 0. The summed E-state index contributed by atoms with van der Waals surface area (Å²) in [5.41, 5.74) is 0.614. The van der Waals surface area contributed by atoms with Crippen LogP contribution in [0.4, 0.5) is 10.1 Å². The fraction of sp³-hybridized carbons (Fsp3) is 0.235. The van der Waals surface area contributed by atoms with Gasteiger partial charge in [-0.1, -0.05) is 12.1 Å². The molecule has 2 aromatic carbocycles. The van der Waals surface area contributed by atoms with Crippen molar-refractivity contribution >= 4 is 33.2 Å². The number of sulfone groups is 1. The van der Waals surface area contributed by atoms with Crippen molar-refractivity contribution in [2.45, 2.75) is 16.2 Å². The number of rotatable bonds is 6. The Balaban J connectivity index is 1.93. The summed E-state index contributed by atoms with van der Waals surface area (Å²) in [5.74, 6) is 0.0523. The van der Waals surface area contributed by atoms with Gasteiger partial charge in [-0.25, -0.2) is 12.8 Å². The summed E-state index contributed by atoms with van der Waals surface area (Å²) in [6, 6.07) is 12.6. The Morgan fingerprint density at radius 2 is 1.75 bits per heavy atom. The molecule has 2 aromatic rings. The second kappa shape index (κ2) is 7.81. The van der Waals surface area contributed by atoms with E-state index in [4.69, 9.17) is 0 Å². The van der Waals surface area contributed by atoms with E-state index in [1.807, 2.05) is 0 Å². The predicted octanol–water partition coefficient (Wildman–Crippen LogP) is 3.37. The zero-order valence-corrected chi connectivity index (χ0v) is 15.0. The molecule has 0 aliphatic heterocycles. The van der Waals surface area contributed by atoms with Gasteiger partial charge >= 0.3 is 0 Å². The summed E-state index contributed by atoms with van der Waals surface area (Å²) < 4.78 is 36.4. The van der Waals surface area contributed by atoms with E-state index in [2.05, 4.69) is 0 Å². The first-order valence-corrected chi connectivity index (χ1v) is 10.1. The van der Waals surface area contributed by atoms with E-state index >= 15 is 0 Å². The minimum absolute atomic E-state index is 0.119. The highest BCUT2D eigenvalue weighted by molar-refractivity contribution is 7.99. The van der Waals surface area contributed by atoms with Crippen LogP contribution >= 0.6 is 11.8 Å². The molecule has 0 fully saturated rings. The quantitative estimate of drug-likeness (QED) is 0.735. The Labute approximate surface area is 145 Å². The van der Waals surface area contributed by atoms with Crippen molar-refractivity contribution in [1.29, 1.82) is 0 Å². The van der Waals surface area contributed by atoms with Crippen LogP contribution in [0.15, 0.2) is 58.3 Å².